The van der Waals surface area contributed by atoms with Gasteiger partial charge in [-0.15, -0.1) is 11.3 Å². The Hall–Kier alpha value is -2.22. The van der Waals surface area contributed by atoms with Crippen molar-refractivity contribution in [3.05, 3.63) is 52.2 Å². The van der Waals surface area contributed by atoms with Crippen LogP contribution in [0, 0.1) is 0 Å². The third kappa shape index (κ3) is 4.94. The molecule has 0 radical (unpaired) electrons. The van der Waals surface area contributed by atoms with Gasteiger partial charge in [0, 0.05) is 34.7 Å². The van der Waals surface area contributed by atoms with Crippen LogP contribution in [0.2, 0.25) is 0 Å². The molecule has 1 fully saturated rings. The highest BCUT2D eigenvalue weighted by Crippen LogP contribution is 2.26. The lowest BCUT2D eigenvalue weighted by molar-refractivity contribution is -0.115. The molecule has 5 nitrogen and oxygen atoms in total. The molecule has 0 aliphatic carbocycles. The quantitative estimate of drug-likeness (QED) is 0.629. The maximum absolute atomic E-state index is 12.4. The Balaban J connectivity index is 1.32. The molecule has 1 N–H and O–H groups in total. The van der Waals surface area contributed by atoms with E-state index in [4.69, 9.17) is 9.47 Å². The Kier molecular flexibility index (Phi) is 5.81. The fourth-order valence-corrected chi connectivity index (χ4v) is 4.44. The van der Waals surface area contributed by atoms with Gasteiger partial charge >= 0.3 is 0 Å². The van der Waals surface area contributed by atoms with Crippen LogP contribution >= 0.6 is 22.7 Å². The summed E-state index contributed by atoms with van der Waals surface area (Å²) in [4.78, 5) is 16.9. The van der Waals surface area contributed by atoms with Crippen molar-refractivity contribution >= 4 is 34.3 Å². The monoisotopic (exact) mass is 400 g/mol. The number of thiophene rings is 1. The van der Waals surface area contributed by atoms with E-state index in [-0.39, 0.29) is 18.4 Å². The van der Waals surface area contributed by atoms with Gasteiger partial charge in [0.2, 0.25) is 5.91 Å². The van der Waals surface area contributed by atoms with Gasteiger partial charge in [-0.1, -0.05) is 6.07 Å². The van der Waals surface area contributed by atoms with Crippen molar-refractivity contribution in [2.24, 2.45) is 0 Å². The first kappa shape index (κ1) is 18.2. The molecule has 1 saturated heterocycles. The second-order valence-electron chi connectivity index (χ2n) is 6.35. The molecule has 140 valence electrons. The molecule has 0 bridgehead atoms. The van der Waals surface area contributed by atoms with E-state index in [1.54, 1.807) is 22.7 Å². The van der Waals surface area contributed by atoms with Gasteiger partial charge in [-0.25, -0.2) is 4.98 Å². The average molecular weight is 401 g/mol. The number of thiazole rings is 1. The van der Waals surface area contributed by atoms with Gasteiger partial charge in [-0.2, -0.15) is 11.3 Å². The van der Waals surface area contributed by atoms with E-state index in [2.05, 4.69) is 15.7 Å². The Bertz CT molecular complexity index is 886. The summed E-state index contributed by atoms with van der Waals surface area (Å²) in [5.74, 6) is 0.644. The third-order valence-electron chi connectivity index (χ3n) is 4.24. The van der Waals surface area contributed by atoms with E-state index < -0.39 is 0 Å². The molecule has 7 heteroatoms. The molecular formula is C20H20N2O3S2. The molecule has 3 aromatic rings. The van der Waals surface area contributed by atoms with Crippen LogP contribution in [0.25, 0.3) is 10.6 Å². The number of nitrogens with one attached hydrogen (secondary N) is 1. The van der Waals surface area contributed by atoms with Crippen molar-refractivity contribution in [2.45, 2.75) is 25.4 Å². The fraction of sp³-hybridized carbons (Fsp3) is 0.300. The number of benzene rings is 1. The SMILES string of the molecule is O=C(Cc1csc(-c2ccsc2)n1)Nc1cccc(OC[C@H]2CCCO2)c1. The van der Waals surface area contributed by atoms with Crippen molar-refractivity contribution < 1.29 is 14.3 Å². The van der Waals surface area contributed by atoms with Crippen LogP contribution in [-0.4, -0.2) is 30.2 Å². The maximum atomic E-state index is 12.4. The van der Waals surface area contributed by atoms with Crippen LogP contribution < -0.4 is 10.1 Å². The number of rotatable bonds is 7. The Morgan fingerprint density at radius 1 is 1.33 bits per heavy atom. The van der Waals surface area contributed by atoms with Gasteiger partial charge in [-0.05, 0) is 36.4 Å². The van der Waals surface area contributed by atoms with Crippen LogP contribution in [0.3, 0.4) is 0 Å². The largest absolute Gasteiger partial charge is 0.491 e. The molecule has 27 heavy (non-hydrogen) atoms. The van der Waals surface area contributed by atoms with Crippen LogP contribution in [0.4, 0.5) is 5.69 Å². The van der Waals surface area contributed by atoms with Crippen LogP contribution in [0.1, 0.15) is 18.5 Å². The van der Waals surface area contributed by atoms with Gasteiger partial charge in [0.05, 0.1) is 18.2 Å². The lowest BCUT2D eigenvalue weighted by Crippen LogP contribution is -2.17. The number of anilines is 1. The highest BCUT2D eigenvalue weighted by Gasteiger charge is 2.16. The van der Waals surface area contributed by atoms with Crippen molar-refractivity contribution in [3.8, 4) is 16.3 Å². The lowest BCUT2D eigenvalue weighted by Gasteiger charge is -2.12. The smallest absolute Gasteiger partial charge is 0.230 e. The van der Waals surface area contributed by atoms with Crippen molar-refractivity contribution in [1.29, 1.82) is 0 Å². The second kappa shape index (κ2) is 8.65. The van der Waals surface area contributed by atoms with E-state index >= 15 is 0 Å². The summed E-state index contributed by atoms with van der Waals surface area (Å²) < 4.78 is 11.4. The van der Waals surface area contributed by atoms with Crippen LogP contribution in [-0.2, 0) is 16.0 Å². The first-order chi connectivity index (χ1) is 13.3. The summed E-state index contributed by atoms with van der Waals surface area (Å²) in [7, 11) is 0. The summed E-state index contributed by atoms with van der Waals surface area (Å²) >= 11 is 3.20. The highest BCUT2D eigenvalue weighted by molar-refractivity contribution is 7.14. The first-order valence-corrected chi connectivity index (χ1v) is 10.7. The van der Waals surface area contributed by atoms with Crippen LogP contribution in [0.15, 0.2) is 46.5 Å². The number of amides is 1. The van der Waals surface area contributed by atoms with E-state index in [1.807, 2.05) is 41.1 Å². The number of ether oxygens (including phenoxy) is 2. The van der Waals surface area contributed by atoms with Gasteiger partial charge in [0.25, 0.3) is 0 Å². The number of carbonyl (C=O) groups excluding carboxylic acids is 1. The summed E-state index contributed by atoms with van der Waals surface area (Å²) in [6.45, 7) is 1.36. The molecule has 3 heterocycles. The molecule has 0 unspecified atom stereocenters. The maximum Gasteiger partial charge on any atom is 0.230 e. The van der Waals surface area contributed by atoms with Gasteiger partial charge < -0.3 is 14.8 Å². The minimum Gasteiger partial charge on any atom is -0.491 e. The summed E-state index contributed by atoms with van der Waals surface area (Å²) in [6, 6.07) is 9.49. The van der Waals surface area contributed by atoms with Crippen molar-refractivity contribution in [3.63, 3.8) is 0 Å². The average Bonchev–Trinajstić information content (AvgIpc) is 3.42. The minimum absolute atomic E-state index is 0.0894. The molecule has 1 aliphatic heterocycles. The number of nitrogens with zero attached hydrogens (tertiary/aromatic N) is 1. The van der Waals surface area contributed by atoms with Gasteiger partial charge in [0.15, 0.2) is 0 Å². The Morgan fingerprint density at radius 3 is 3.11 bits per heavy atom. The molecule has 1 aromatic carbocycles. The molecular weight excluding hydrogens is 380 g/mol. The summed E-state index contributed by atoms with van der Waals surface area (Å²) in [6.07, 6.45) is 2.55. The zero-order valence-corrected chi connectivity index (χ0v) is 16.4. The van der Waals surface area contributed by atoms with E-state index in [0.29, 0.717) is 6.61 Å². The fourth-order valence-electron chi connectivity index (χ4n) is 2.91. The predicted octanol–water partition coefficient (Wildman–Crippen LogP) is 4.61. The Morgan fingerprint density at radius 2 is 2.30 bits per heavy atom. The molecule has 4 rings (SSSR count). The molecule has 1 aliphatic rings. The zero-order chi connectivity index (χ0) is 18.5. The number of aromatic nitrogens is 1. The number of carbonyl (C=O) groups is 1. The highest BCUT2D eigenvalue weighted by atomic mass is 32.1. The van der Waals surface area contributed by atoms with Crippen molar-refractivity contribution in [1.82, 2.24) is 4.98 Å². The lowest BCUT2D eigenvalue weighted by atomic mass is 10.2. The predicted molar refractivity (Wildman–Crippen MR) is 109 cm³/mol. The minimum atomic E-state index is -0.0894. The number of hydrogen-bond acceptors (Lipinski definition) is 6. The molecule has 1 atom stereocenters. The van der Waals surface area contributed by atoms with E-state index in [1.165, 1.54) is 0 Å². The molecule has 2 aromatic heterocycles. The third-order valence-corrected chi connectivity index (χ3v) is 5.86. The van der Waals surface area contributed by atoms with Crippen molar-refractivity contribution in [2.75, 3.05) is 18.5 Å². The summed E-state index contributed by atoms with van der Waals surface area (Å²) in [5, 5.41) is 9.89. The Labute approximate surface area is 166 Å². The molecule has 0 saturated carbocycles. The first-order valence-electron chi connectivity index (χ1n) is 8.87. The second-order valence-corrected chi connectivity index (χ2v) is 7.99. The normalized spacial score (nSPS) is 16.4. The van der Waals surface area contributed by atoms with Gasteiger partial charge in [-0.3, -0.25) is 4.79 Å². The topological polar surface area (TPSA) is 60.5 Å². The number of hydrogen-bond donors (Lipinski definition) is 1. The van der Waals surface area contributed by atoms with Crippen LogP contribution in [0.5, 0.6) is 5.75 Å². The van der Waals surface area contributed by atoms with E-state index in [9.17, 15) is 4.79 Å². The summed E-state index contributed by atoms with van der Waals surface area (Å²) in [5.41, 5.74) is 2.61. The van der Waals surface area contributed by atoms with Gasteiger partial charge in [0.1, 0.15) is 17.4 Å². The van der Waals surface area contributed by atoms with E-state index in [0.717, 1.165) is 47.2 Å². The molecule has 0 spiro atoms. The standard InChI is InChI=1S/C20H20N2O3S2/c23-19(10-16-13-27-20(22-16)14-6-8-26-12-14)21-15-3-1-4-17(9-15)25-11-18-5-2-7-24-18/h1,3-4,6,8-9,12-13,18H,2,5,7,10-11H2,(H,21,23)/t18-/m1/s1. The zero-order valence-electron chi connectivity index (χ0n) is 14.7. The molecule has 1 amide bonds.